The number of hydrogen-bond acceptors (Lipinski definition) is 8. The van der Waals surface area contributed by atoms with Crippen LogP contribution < -0.4 is 15.9 Å². The van der Waals surface area contributed by atoms with E-state index in [0.717, 1.165) is 38.9 Å². The third-order valence-electron chi connectivity index (χ3n) is 6.20. The van der Waals surface area contributed by atoms with E-state index in [2.05, 4.69) is 20.3 Å². The zero-order valence-electron chi connectivity index (χ0n) is 20.0. The van der Waals surface area contributed by atoms with Crippen LogP contribution in [0.1, 0.15) is 5.69 Å². The number of hydrogen-bond donors (Lipinski definition) is 2. The maximum atomic E-state index is 13.4. The molecule has 0 fully saturated rings. The highest BCUT2D eigenvalue weighted by Gasteiger charge is 2.19. The van der Waals surface area contributed by atoms with Gasteiger partial charge in [0.2, 0.25) is 5.95 Å². The number of nitrogens with one attached hydrogen (secondary N) is 1. The lowest BCUT2D eigenvalue weighted by Gasteiger charge is -2.18. The van der Waals surface area contributed by atoms with Crippen molar-refractivity contribution in [3.63, 3.8) is 0 Å². The van der Waals surface area contributed by atoms with Crippen molar-refractivity contribution in [3.05, 3.63) is 65.1 Å². The Hall–Kier alpha value is -4.31. The van der Waals surface area contributed by atoms with Gasteiger partial charge in [0.25, 0.3) is 0 Å². The van der Waals surface area contributed by atoms with Crippen molar-refractivity contribution in [3.8, 4) is 16.8 Å². The lowest BCUT2D eigenvalue weighted by Crippen LogP contribution is -2.24. The quantitative estimate of drug-likeness (QED) is 0.389. The molecule has 178 valence electrons. The number of aliphatic hydroxyl groups is 1. The summed E-state index contributed by atoms with van der Waals surface area (Å²) in [6, 6.07) is 9.69. The standard InChI is InChI=1S/C25H26N8O2/c1-15-20(7-8-22(30-15)31(3)9-10-34)33-23-18-11-16(17-12-28-24(26-2)29-13-17)5-6-19(18)27-14-21(23)32(4)25(33)35/h5-8,11-14,34H,9-10H2,1-4H3,(H,26,28,29). The number of aryl methyl sites for hydroxylation is 2. The zero-order valence-corrected chi connectivity index (χ0v) is 20.0. The van der Waals surface area contributed by atoms with Crippen LogP contribution in [-0.4, -0.2) is 61.4 Å². The molecule has 0 aliphatic heterocycles. The van der Waals surface area contributed by atoms with Crippen LogP contribution in [0.5, 0.6) is 0 Å². The molecule has 2 N–H and O–H groups in total. The Balaban J connectivity index is 1.74. The van der Waals surface area contributed by atoms with Gasteiger partial charge in [0.05, 0.1) is 40.7 Å². The van der Waals surface area contributed by atoms with Gasteiger partial charge in [-0.3, -0.25) is 14.1 Å². The first kappa shape index (κ1) is 22.5. The molecule has 5 rings (SSSR count). The second-order valence-corrected chi connectivity index (χ2v) is 8.37. The number of rotatable bonds is 6. The minimum atomic E-state index is -0.178. The van der Waals surface area contributed by atoms with Gasteiger partial charge in [0.15, 0.2) is 0 Å². The minimum absolute atomic E-state index is 0.0335. The lowest BCUT2D eigenvalue weighted by molar-refractivity contribution is 0.304. The van der Waals surface area contributed by atoms with E-state index in [1.54, 1.807) is 41.8 Å². The highest BCUT2D eigenvalue weighted by molar-refractivity contribution is 6.04. The van der Waals surface area contributed by atoms with Crippen molar-refractivity contribution < 1.29 is 5.11 Å². The summed E-state index contributed by atoms with van der Waals surface area (Å²) in [6.45, 7) is 2.39. The van der Waals surface area contributed by atoms with E-state index in [9.17, 15) is 9.90 Å². The minimum Gasteiger partial charge on any atom is -0.395 e. The Labute approximate surface area is 201 Å². The molecule has 0 atom stereocenters. The number of aromatic nitrogens is 6. The van der Waals surface area contributed by atoms with Crippen LogP contribution in [0, 0.1) is 6.92 Å². The molecule has 35 heavy (non-hydrogen) atoms. The van der Waals surface area contributed by atoms with Gasteiger partial charge in [-0.25, -0.2) is 19.7 Å². The van der Waals surface area contributed by atoms with E-state index in [1.807, 2.05) is 49.2 Å². The van der Waals surface area contributed by atoms with Crippen molar-refractivity contribution in [1.82, 2.24) is 29.1 Å². The molecule has 0 aliphatic carbocycles. The highest BCUT2D eigenvalue weighted by Crippen LogP contribution is 2.30. The summed E-state index contributed by atoms with van der Waals surface area (Å²) in [5, 5.41) is 13.0. The molecule has 0 aliphatic rings. The van der Waals surface area contributed by atoms with Crippen LogP contribution >= 0.6 is 0 Å². The summed E-state index contributed by atoms with van der Waals surface area (Å²) in [5.41, 5.74) is 5.28. The van der Waals surface area contributed by atoms with E-state index >= 15 is 0 Å². The normalized spacial score (nSPS) is 11.3. The van der Waals surface area contributed by atoms with Gasteiger partial charge in [-0.15, -0.1) is 0 Å². The molecule has 10 heteroatoms. The monoisotopic (exact) mass is 470 g/mol. The third kappa shape index (κ3) is 3.77. The Morgan fingerprint density at radius 2 is 1.83 bits per heavy atom. The molecule has 5 aromatic rings. The SMILES string of the molecule is CNc1ncc(-c2ccc3ncc4c(c3c2)n(-c2ccc(N(C)CCO)nc2C)c(=O)n4C)cn1. The molecule has 0 spiro atoms. The van der Waals surface area contributed by atoms with Crippen molar-refractivity contribution in [2.24, 2.45) is 7.05 Å². The fourth-order valence-corrected chi connectivity index (χ4v) is 4.26. The van der Waals surface area contributed by atoms with E-state index < -0.39 is 0 Å². The first-order valence-corrected chi connectivity index (χ1v) is 11.2. The number of fused-ring (bicyclic) bond motifs is 3. The number of likely N-dealkylation sites (N-methyl/N-ethyl adjacent to an activating group) is 1. The smallest absolute Gasteiger partial charge is 0.333 e. The summed E-state index contributed by atoms with van der Waals surface area (Å²) in [7, 11) is 5.39. The average Bonchev–Trinajstić information content (AvgIpc) is 3.14. The summed E-state index contributed by atoms with van der Waals surface area (Å²) in [6.07, 6.45) is 5.26. The molecule has 0 radical (unpaired) electrons. The maximum Gasteiger partial charge on any atom is 0.333 e. The molecule has 0 bridgehead atoms. The van der Waals surface area contributed by atoms with Crippen LogP contribution in [0.3, 0.4) is 0 Å². The lowest BCUT2D eigenvalue weighted by atomic mass is 10.1. The van der Waals surface area contributed by atoms with Gasteiger partial charge < -0.3 is 15.3 Å². The van der Waals surface area contributed by atoms with Crippen LogP contribution in [-0.2, 0) is 7.05 Å². The molecule has 4 heterocycles. The molecule has 0 saturated carbocycles. The van der Waals surface area contributed by atoms with Crippen molar-refractivity contribution in [1.29, 1.82) is 0 Å². The van der Waals surface area contributed by atoms with Crippen molar-refractivity contribution in [2.45, 2.75) is 6.92 Å². The molecular weight excluding hydrogens is 444 g/mol. The molecule has 4 aromatic heterocycles. The van der Waals surface area contributed by atoms with E-state index in [-0.39, 0.29) is 12.3 Å². The first-order chi connectivity index (χ1) is 16.9. The third-order valence-corrected chi connectivity index (χ3v) is 6.20. The number of pyridine rings is 2. The fourth-order valence-electron chi connectivity index (χ4n) is 4.26. The predicted octanol–water partition coefficient (Wildman–Crippen LogP) is 2.51. The zero-order chi connectivity index (χ0) is 24.7. The highest BCUT2D eigenvalue weighted by atomic mass is 16.3. The first-order valence-electron chi connectivity index (χ1n) is 11.2. The van der Waals surface area contributed by atoms with E-state index in [0.29, 0.717) is 23.9 Å². The molecule has 10 nitrogen and oxygen atoms in total. The molecule has 1 aromatic carbocycles. The molecular formula is C25H26N8O2. The molecule has 0 saturated heterocycles. The van der Waals surface area contributed by atoms with Crippen molar-refractivity contribution in [2.75, 3.05) is 37.5 Å². The summed E-state index contributed by atoms with van der Waals surface area (Å²) in [5.74, 6) is 1.28. The van der Waals surface area contributed by atoms with Crippen LogP contribution in [0.15, 0.2) is 53.7 Å². The average molecular weight is 471 g/mol. The van der Waals surface area contributed by atoms with Crippen LogP contribution in [0.4, 0.5) is 11.8 Å². The number of benzene rings is 1. The van der Waals surface area contributed by atoms with Gasteiger partial charge in [0.1, 0.15) is 5.82 Å². The van der Waals surface area contributed by atoms with Gasteiger partial charge in [-0.1, -0.05) is 6.07 Å². The van der Waals surface area contributed by atoms with Gasteiger partial charge in [-0.05, 0) is 36.8 Å². The van der Waals surface area contributed by atoms with E-state index in [1.165, 1.54) is 0 Å². The Morgan fingerprint density at radius 1 is 1.06 bits per heavy atom. The summed E-state index contributed by atoms with van der Waals surface area (Å²) < 4.78 is 3.30. The maximum absolute atomic E-state index is 13.4. The topological polar surface area (TPSA) is 114 Å². The van der Waals surface area contributed by atoms with Crippen LogP contribution in [0.2, 0.25) is 0 Å². The van der Waals surface area contributed by atoms with E-state index in [4.69, 9.17) is 4.98 Å². The number of nitrogens with zero attached hydrogens (tertiary/aromatic N) is 7. The molecule has 0 amide bonds. The largest absolute Gasteiger partial charge is 0.395 e. The second-order valence-electron chi connectivity index (χ2n) is 8.37. The van der Waals surface area contributed by atoms with Crippen LogP contribution in [0.25, 0.3) is 38.8 Å². The van der Waals surface area contributed by atoms with Gasteiger partial charge >= 0.3 is 5.69 Å². The molecule has 0 unspecified atom stereocenters. The van der Waals surface area contributed by atoms with Gasteiger partial charge in [-0.2, -0.15) is 0 Å². The Morgan fingerprint density at radius 3 is 2.51 bits per heavy atom. The second kappa shape index (κ2) is 8.80. The Bertz CT molecular complexity index is 1600. The number of imidazole rings is 1. The summed E-state index contributed by atoms with van der Waals surface area (Å²) in [4.78, 5) is 33.2. The number of anilines is 2. The summed E-state index contributed by atoms with van der Waals surface area (Å²) >= 11 is 0. The van der Waals surface area contributed by atoms with Crippen molar-refractivity contribution >= 4 is 33.7 Å². The van der Waals surface area contributed by atoms with Gasteiger partial charge in [0, 0.05) is 51.0 Å². The number of aliphatic hydroxyl groups excluding tert-OH is 1. The fraction of sp³-hybridized carbons (Fsp3) is 0.240. The predicted molar refractivity (Wildman–Crippen MR) is 137 cm³/mol. The Kier molecular flexibility index (Phi) is 5.65.